The zero-order valence-corrected chi connectivity index (χ0v) is 14.0. The van der Waals surface area contributed by atoms with E-state index in [2.05, 4.69) is 16.5 Å². The maximum atomic E-state index is 12.8. The molecule has 2 rings (SSSR count). The third-order valence-corrected chi connectivity index (χ3v) is 4.93. The molecule has 0 saturated carbocycles. The fraction of sp³-hybridized carbons (Fsp3) is 0.588. The van der Waals surface area contributed by atoms with Crippen LogP contribution in [0.4, 0.5) is 4.39 Å². The Morgan fingerprint density at radius 2 is 2.00 bits per heavy atom. The summed E-state index contributed by atoms with van der Waals surface area (Å²) in [4.78, 5) is 14.2. The van der Waals surface area contributed by atoms with E-state index in [1.54, 1.807) is 12.1 Å². The van der Waals surface area contributed by atoms with E-state index < -0.39 is 0 Å². The monoisotopic (exact) mass is 324 g/mol. The van der Waals surface area contributed by atoms with Crippen molar-refractivity contribution in [1.29, 1.82) is 0 Å². The van der Waals surface area contributed by atoms with Crippen molar-refractivity contribution in [2.24, 2.45) is 5.92 Å². The number of thioether (sulfide) groups is 1. The van der Waals surface area contributed by atoms with Gasteiger partial charge in [0.05, 0.1) is 6.54 Å². The molecule has 5 heteroatoms. The van der Waals surface area contributed by atoms with Crippen LogP contribution in [-0.2, 0) is 11.2 Å². The lowest BCUT2D eigenvalue weighted by Crippen LogP contribution is -2.42. The Morgan fingerprint density at radius 3 is 2.64 bits per heavy atom. The van der Waals surface area contributed by atoms with Crippen molar-refractivity contribution in [2.75, 3.05) is 38.2 Å². The van der Waals surface area contributed by atoms with Crippen LogP contribution in [0.1, 0.15) is 18.4 Å². The Balaban J connectivity index is 1.61. The molecule has 1 saturated heterocycles. The number of carbonyl (C=O) groups is 1. The van der Waals surface area contributed by atoms with Crippen LogP contribution in [0, 0.1) is 11.7 Å². The molecule has 1 N–H and O–H groups in total. The van der Waals surface area contributed by atoms with Crippen molar-refractivity contribution in [1.82, 2.24) is 10.2 Å². The summed E-state index contributed by atoms with van der Waals surface area (Å²) in [6.45, 7) is 3.15. The number of benzene rings is 1. The van der Waals surface area contributed by atoms with E-state index in [0.717, 1.165) is 31.0 Å². The van der Waals surface area contributed by atoms with Gasteiger partial charge in [-0.25, -0.2) is 4.39 Å². The highest BCUT2D eigenvalue weighted by Crippen LogP contribution is 2.20. The summed E-state index contributed by atoms with van der Waals surface area (Å²) in [6, 6.07) is 6.43. The van der Waals surface area contributed by atoms with Gasteiger partial charge in [0.2, 0.25) is 5.91 Å². The van der Waals surface area contributed by atoms with E-state index in [-0.39, 0.29) is 11.7 Å². The highest BCUT2D eigenvalue weighted by molar-refractivity contribution is 7.98. The Bertz CT molecular complexity index is 458. The summed E-state index contributed by atoms with van der Waals surface area (Å²) in [5.74, 6) is 1.91. The van der Waals surface area contributed by atoms with Crippen LogP contribution in [-0.4, -0.2) is 49.0 Å². The van der Waals surface area contributed by atoms with Crippen LogP contribution in [0.5, 0.6) is 0 Å². The molecular weight excluding hydrogens is 299 g/mol. The molecular formula is C17H25FN2OS. The predicted molar refractivity (Wildman–Crippen MR) is 90.7 cm³/mol. The summed E-state index contributed by atoms with van der Waals surface area (Å²) < 4.78 is 12.8. The van der Waals surface area contributed by atoms with Crippen LogP contribution in [0.25, 0.3) is 0 Å². The van der Waals surface area contributed by atoms with Crippen LogP contribution in [0.2, 0.25) is 0 Å². The Kier molecular flexibility index (Phi) is 7.19. The second kappa shape index (κ2) is 9.16. The van der Waals surface area contributed by atoms with Crippen molar-refractivity contribution >= 4 is 17.7 Å². The molecule has 0 bridgehead atoms. The fourth-order valence-electron chi connectivity index (χ4n) is 2.80. The van der Waals surface area contributed by atoms with Gasteiger partial charge in [-0.2, -0.15) is 11.8 Å². The molecule has 0 spiro atoms. The minimum Gasteiger partial charge on any atom is -0.355 e. The summed E-state index contributed by atoms with van der Waals surface area (Å²) >= 11 is 1.91. The average molecular weight is 324 g/mol. The van der Waals surface area contributed by atoms with Gasteiger partial charge in [0.25, 0.3) is 0 Å². The fourth-order valence-corrected chi connectivity index (χ4v) is 3.61. The minimum absolute atomic E-state index is 0.0884. The van der Waals surface area contributed by atoms with E-state index >= 15 is 0 Å². The molecule has 22 heavy (non-hydrogen) atoms. The van der Waals surface area contributed by atoms with Crippen molar-refractivity contribution in [3.63, 3.8) is 0 Å². The number of carbonyl (C=O) groups excluding carboxylic acids is 1. The molecule has 1 aromatic rings. The molecule has 3 nitrogen and oxygen atoms in total. The third-order valence-electron chi connectivity index (χ3n) is 4.13. The summed E-state index contributed by atoms with van der Waals surface area (Å²) in [5.41, 5.74) is 1.04. The molecule has 1 amide bonds. The summed E-state index contributed by atoms with van der Waals surface area (Å²) in [7, 11) is 0. The number of nitrogens with zero attached hydrogens (tertiary/aromatic N) is 1. The summed E-state index contributed by atoms with van der Waals surface area (Å²) in [5, 5.41) is 2.95. The Labute approximate surface area is 136 Å². The standard InChI is InChI=1S/C17H25FN2OS/c1-22-13-15-7-10-20(11-8-15)12-17(21)19-9-6-14-2-4-16(18)5-3-14/h2-5,15H,6-13H2,1H3,(H,19,21). The first-order chi connectivity index (χ1) is 10.7. The first kappa shape index (κ1) is 17.3. The van der Waals surface area contributed by atoms with Crippen LogP contribution in [0.3, 0.4) is 0 Å². The van der Waals surface area contributed by atoms with Gasteiger partial charge >= 0.3 is 0 Å². The van der Waals surface area contributed by atoms with Gasteiger partial charge in [-0.1, -0.05) is 12.1 Å². The molecule has 0 atom stereocenters. The third kappa shape index (κ3) is 5.97. The molecule has 0 aliphatic carbocycles. The quantitative estimate of drug-likeness (QED) is 0.837. The van der Waals surface area contributed by atoms with E-state index in [1.165, 1.54) is 30.7 Å². The zero-order chi connectivity index (χ0) is 15.8. The lowest BCUT2D eigenvalue weighted by atomic mass is 9.99. The van der Waals surface area contributed by atoms with Crippen LogP contribution >= 0.6 is 11.8 Å². The lowest BCUT2D eigenvalue weighted by molar-refractivity contribution is -0.122. The minimum atomic E-state index is -0.224. The van der Waals surface area contributed by atoms with Gasteiger partial charge in [0, 0.05) is 6.54 Å². The second-order valence-corrected chi connectivity index (χ2v) is 6.81. The van der Waals surface area contributed by atoms with E-state index in [9.17, 15) is 9.18 Å². The van der Waals surface area contributed by atoms with Gasteiger partial charge in [0.15, 0.2) is 0 Å². The van der Waals surface area contributed by atoms with Crippen LogP contribution in [0.15, 0.2) is 24.3 Å². The number of amides is 1. The van der Waals surface area contributed by atoms with Gasteiger partial charge in [-0.3, -0.25) is 9.69 Å². The SMILES string of the molecule is CSCC1CCN(CC(=O)NCCc2ccc(F)cc2)CC1. The highest BCUT2D eigenvalue weighted by atomic mass is 32.2. The average Bonchev–Trinajstić information content (AvgIpc) is 2.51. The molecule has 122 valence electrons. The summed E-state index contributed by atoms with van der Waals surface area (Å²) in [6.07, 6.45) is 5.29. The topological polar surface area (TPSA) is 32.3 Å². The van der Waals surface area contributed by atoms with Crippen molar-refractivity contribution < 1.29 is 9.18 Å². The molecule has 0 radical (unpaired) electrons. The van der Waals surface area contributed by atoms with E-state index in [4.69, 9.17) is 0 Å². The molecule has 1 heterocycles. The van der Waals surface area contributed by atoms with E-state index in [1.807, 2.05) is 11.8 Å². The molecule has 1 aliphatic rings. The molecule has 0 unspecified atom stereocenters. The number of likely N-dealkylation sites (tertiary alicyclic amines) is 1. The van der Waals surface area contributed by atoms with Gasteiger partial charge in [-0.05, 0) is 68.0 Å². The highest BCUT2D eigenvalue weighted by Gasteiger charge is 2.20. The first-order valence-corrected chi connectivity index (χ1v) is 9.29. The largest absolute Gasteiger partial charge is 0.355 e. The lowest BCUT2D eigenvalue weighted by Gasteiger charge is -2.31. The van der Waals surface area contributed by atoms with Gasteiger partial charge in [-0.15, -0.1) is 0 Å². The zero-order valence-electron chi connectivity index (χ0n) is 13.2. The van der Waals surface area contributed by atoms with Crippen molar-refractivity contribution in [3.8, 4) is 0 Å². The predicted octanol–water partition coefficient (Wildman–Crippen LogP) is 2.56. The van der Waals surface area contributed by atoms with Gasteiger partial charge < -0.3 is 5.32 Å². The molecule has 1 aliphatic heterocycles. The smallest absolute Gasteiger partial charge is 0.234 e. The Hall–Kier alpha value is -1.07. The number of hydrogen-bond acceptors (Lipinski definition) is 3. The van der Waals surface area contributed by atoms with Crippen LogP contribution < -0.4 is 5.32 Å². The Morgan fingerprint density at radius 1 is 1.32 bits per heavy atom. The van der Waals surface area contributed by atoms with E-state index in [0.29, 0.717) is 13.1 Å². The van der Waals surface area contributed by atoms with Gasteiger partial charge in [0.1, 0.15) is 5.82 Å². The number of piperidine rings is 1. The maximum Gasteiger partial charge on any atom is 0.234 e. The number of halogens is 1. The first-order valence-electron chi connectivity index (χ1n) is 7.90. The number of nitrogens with one attached hydrogen (secondary N) is 1. The van der Waals surface area contributed by atoms with Crippen molar-refractivity contribution in [2.45, 2.75) is 19.3 Å². The van der Waals surface area contributed by atoms with Crippen molar-refractivity contribution in [3.05, 3.63) is 35.6 Å². The normalized spacial score (nSPS) is 16.6. The second-order valence-electron chi connectivity index (χ2n) is 5.90. The number of hydrogen-bond donors (Lipinski definition) is 1. The molecule has 1 aromatic carbocycles. The molecule has 0 aromatic heterocycles. The maximum absolute atomic E-state index is 12.8. The number of rotatable bonds is 7. The molecule has 1 fully saturated rings.